The van der Waals surface area contributed by atoms with Crippen LogP contribution < -0.4 is 5.73 Å². The molecule has 1 aromatic heterocycles. The fourth-order valence-corrected chi connectivity index (χ4v) is 2.56. The van der Waals surface area contributed by atoms with Crippen molar-refractivity contribution >= 4 is 10.9 Å². The Morgan fingerprint density at radius 2 is 2.06 bits per heavy atom. The molecule has 3 rings (SSSR count). The summed E-state index contributed by atoms with van der Waals surface area (Å²) in [4.78, 5) is 4.67. The van der Waals surface area contributed by atoms with Crippen LogP contribution in [-0.4, -0.2) is 11.0 Å². The molecular formula is C15H18N2. The number of para-hydroxylation sites is 1. The van der Waals surface area contributed by atoms with Gasteiger partial charge >= 0.3 is 0 Å². The monoisotopic (exact) mass is 226 g/mol. The smallest absolute Gasteiger partial charge is 0.0705 e. The molecule has 2 aromatic rings. The number of aromatic nitrogens is 1. The molecule has 2 heteroatoms. The van der Waals surface area contributed by atoms with Gasteiger partial charge in [-0.1, -0.05) is 31.2 Å². The van der Waals surface area contributed by atoms with E-state index in [-0.39, 0.29) is 6.04 Å². The van der Waals surface area contributed by atoms with E-state index in [1.54, 1.807) is 0 Å². The molecule has 0 aliphatic heterocycles. The number of benzene rings is 1. The Morgan fingerprint density at radius 1 is 1.29 bits per heavy atom. The van der Waals surface area contributed by atoms with Gasteiger partial charge in [-0.15, -0.1) is 0 Å². The van der Waals surface area contributed by atoms with Crippen LogP contribution in [-0.2, 0) is 6.42 Å². The topological polar surface area (TPSA) is 38.9 Å². The van der Waals surface area contributed by atoms with Crippen molar-refractivity contribution in [3.63, 3.8) is 0 Å². The first kappa shape index (κ1) is 10.7. The second kappa shape index (κ2) is 4.11. The van der Waals surface area contributed by atoms with Crippen molar-refractivity contribution in [1.29, 1.82) is 0 Å². The van der Waals surface area contributed by atoms with Gasteiger partial charge in [-0.2, -0.15) is 0 Å². The van der Waals surface area contributed by atoms with E-state index in [1.807, 2.05) is 12.1 Å². The summed E-state index contributed by atoms with van der Waals surface area (Å²) in [5, 5.41) is 1.20. The first-order valence-corrected chi connectivity index (χ1v) is 6.34. The molecule has 0 amide bonds. The normalized spacial score (nSPS) is 24.8. The number of nitrogens with zero attached hydrogens (tertiary/aromatic N) is 1. The van der Waals surface area contributed by atoms with Crippen LogP contribution in [0.5, 0.6) is 0 Å². The molecule has 1 aliphatic carbocycles. The average Bonchev–Trinajstić information content (AvgIpc) is 3.06. The van der Waals surface area contributed by atoms with Crippen LogP contribution in [0.15, 0.2) is 36.4 Å². The molecule has 2 N–H and O–H groups in total. The van der Waals surface area contributed by atoms with Gasteiger partial charge in [0.15, 0.2) is 0 Å². The van der Waals surface area contributed by atoms with E-state index in [2.05, 4.69) is 36.2 Å². The van der Waals surface area contributed by atoms with Crippen molar-refractivity contribution in [2.75, 3.05) is 0 Å². The quantitative estimate of drug-likeness (QED) is 0.874. The summed E-state index contributed by atoms with van der Waals surface area (Å²) in [6, 6.07) is 12.7. The lowest BCUT2D eigenvalue weighted by atomic mass is 10.1. The summed E-state index contributed by atoms with van der Waals surface area (Å²) in [7, 11) is 0. The van der Waals surface area contributed by atoms with E-state index >= 15 is 0 Å². The number of hydrogen-bond donors (Lipinski definition) is 1. The Labute approximate surface area is 102 Å². The maximum Gasteiger partial charge on any atom is 0.0705 e. The number of hydrogen-bond acceptors (Lipinski definition) is 2. The highest BCUT2D eigenvalue weighted by molar-refractivity contribution is 5.78. The van der Waals surface area contributed by atoms with E-state index in [1.165, 1.54) is 11.8 Å². The van der Waals surface area contributed by atoms with Crippen LogP contribution in [0, 0.1) is 11.8 Å². The highest BCUT2D eigenvalue weighted by Crippen LogP contribution is 2.40. The second-order valence-electron chi connectivity index (χ2n) is 5.24. The Hall–Kier alpha value is -1.41. The molecule has 1 fully saturated rings. The number of nitrogens with two attached hydrogens (primary N) is 1. The molecule has 0 saturated heterocycles. The van der Waals surface area contributed by atoms with Crippen molar-refractivity contribution < 1.29 is 0 Å². The summed E-state index contributed by atoms with van der Waals surface area (Å²) in [5.41, 5.74) is 8.40. The lowest BCUT2D eigenvalue weighted by Gasteiger charge is -2.10. The van der Waals surface area contributed by atoms with Gasteiger partial charge in [0.25, 0.3) is 0 Å². The molecule has 0 bridgehead atoms. The predicted molar refractivity (Wildman–Crippen MR) is 70.7 cm³/mol. The fourth-order valence-electron chi connectivity index (χ4n) is 2.56. The van der Waals surface area contributed by atoms with Gasteiger partial charge in [-0.05, 0) is 30.4 Å². The average molecular weight is 226 g/mol. The zero-order chi connectivity index (χ0) is 11.8. The van der Waals surface area contributed by atoms with Gasteiger partial charge in [0.2, 0.25) is 0 Å². The molecule has 3 atom stereocenters. The molecular weight excluding hydrogens is 208 g/mol. The Balaban J connectivity index is 1.81. The first-order valence-electron chi connectivity index (χ1n) is 6.34. The first-order chi connectivity index (χ1) is 8.24. The Kier molecular flexibility index (Phi) is 2.60. The summed E-state index contributed by atoms with van der Waals surface area (Å²) in [5.74, 6) is 1.52. The van der Waals surface area contributed by atoms with E-state index in [4.69, 9.17) is 5.73 Å². The van der Waals surface area contributed by atoms with Crippen LogP contribution in [0.4, 0.5) is 0 Å². The van der Waals surface area contributed by atoms with Gasteiger partial charge in [0, 0.05) is 23.5 Å². The van der Waals surface area contributed by atoms with E-state index in [9.17, 15) is 0 Å². The molecule has 1 heterocycles. The lowest BCUT2D eigenvalue weighted by molar-refractivity contribution is 0.555. The van der Waals surface area contributed by atoms with Crippen molar-refractivity contribution in [2.24, 2.45) is 17.6 Å². The van der Waals surface area contributed by atoms with E-state index in [0.29, 0.717) is 5.92 Å². The molecule has 1 aromatic carbocycles. The highest BCUT2D eigenvalue weighted by atomic mass is 14.7. The van der Waals surface area contributed by atoms with E-state index in [0.717, 1.165) is 23.5 Å². The minimum atomic E-state index is 0.277. The summed E-state index contributed by atoms with van der Waals surface area (Å²) in [6.07, 6.45) is 2.19. The molecule has 17 heavy (non-hydrogen) atoms. The van der Waals surface area contributed by atoms with Crippen molar-refractivity contribution in [2.45, 2.75) is 25.8 Å². The molecule has 0 spiro atoms. The van der Waals surface area contributed by atoms with Crippen molar-refractivity contribution in [1.82, 2.24) is 4.98 Å². The van der Waals surface area contributed by atoms with Gasteiger partial charge in [-0.3, -0.25) is 4.98 Å². The minimum absolute atomic E-state index is 0.277. The third kappa shape index (κ3) is 2.18. The molecule has 3 unspecified atom stereocenters. The number of fused-ring (bicyclic) bond motifs is 1. The molecule has 0 radical (unpaired) electrons. The Bertz CT molecular complexity index is 535. The maximum absolute atomic E-state index is 6.21. The number of pyridine rings is 1. The fraction of sp³-hybridized carbons (Fsp3) is 0.400. The summed E-state index contributed by atoms with van der Waals surface area (Å²) < 4.78 is 0. The van der Waals surface area contributed by atoms with Gasteiger partial charge < -0.3 is 5.73 Å². The zero-order valence-electron chi connectivity index (χ0n) is 10.1. The van der Waals surface area contributed by atoms with E-state index < -0.39 is 0 Å². The summed E-state index contributed by atoms with van der Waals surface area (Å²) in [6.45, 7) is 2.28. The molecule has 88 valence electrons. The molecule has 2 nitrogen and oxygen atoms in total. The second-order valence-corrected chi connectivity index (χ2v) is 5.24. The van der Waals surface area contributed by atoms with Crippen LogP contribution in [0.1, 0.15) is 19.0 Å². The SMILES string of the molecule is CC1CC1C(N)Cc1ccc2ccccc2n1. The maximum atomic E-state index is 6.21. The van der Waals surface area contributed by atoms with Crippen molar-refractivity contribution in [3.8, 4) is 0 Å². The minimum Gasteiger partial charge on any atom is -0.327 e. The standard InChI is InChI=1S/C15H18N2/c1-10-8-13(10)14(16)9-12-7-6-11-4-2-3-5-15(11)17-12/h2-7,10,13-14H,8-9,16H2,1H3. The summed E-state index contributed by atoms with van der Waals surface area (Å²) >= 11 is 0. The van der Waals surface area contributed by atoms with Gasteiger partial charge in [-0.25, -0.2) is 0 Å². The van der Waals surface area contributed by atoms with Crippen LogP contribution in [0.2, 0.25) is 0 Å². The third-order valence-corrected chi connectivity index (χ3v) is 3.82. The van der Waals surface area contributed by atoms with Gasteiger partial charge in [0.05, 0.1) is 5.52 Å². The van der Waals surface area contributed by atoms with Crippen LogP contribution in [0.25, 0.3) is 10.9 Å². The molecule has 1 aliphatic rings. The van der Waals surface area contributed by atoms with Crippen LogP contribution in [0.3, 0.4) is 0 Å². The van der Waals surface area contributed by atoms with Crippen LogP contribution >= 0.6 is 0 Å². The highest BCUT2D eigenvalue weighted by Gasteiger charge is 2.37. The van der Waals surface area contributed by atoms with Crippen molar-refractivity contribution in [3.05, 3.63) is 42.1 Å². The predicted octanol–water partition coefficient (Wildman–Crippen LogP) is 2.76. The largest absolute Gasteiger partial charge is 0.327 e. The zero-order valence-corrected chi connectivity index (χ0v) is 10.1. The molecule has 1 saturated carbocycles. The lowest BCUT2D eigenvalue weighted by Crippen LogP contribution is -2.26. The third-order valence-electron chi connectivity index (χ3n) is 3.82. The Morgan fingerprint density at radius 3 is 2.82 bits per heavy atom. The number of rotatable bonds is 3. The van der Waals surface area contributed by atoms with Gasteiger partial charge in [0.1, 0.15) is 0 Å².